The second-order valence-corrected chi connectivity index (χ2v) is 6.64. The third kappa shape index (κ3) is 3.91. The minimum Gasteiger partial charge on any atom is -0.340 e. The molecule has 0 aromatic carbocycles. The van der Waals surface area contributed by atoms with Crippen LogP contribution in [0.25, 0.3) is 0 Å². The lowest BCUT2D eigenvalue weighted by Gasteiger charge is -2.20. The van der Waals surface area contributed by atoms with Crippen molar-refractivity contribution < 1.29 is 4.79 Å². The number of rotatable bonds is 5. The van der Waals surface area contributed by atoms with Gasteiger partial charge in [0, 0.05) is 17.8 Å². The van der Waals surface area contributed by atoms with Crippen LogP contribution in [0.2, 0.25) is 0 Å². The molecule has 0 saturated carbocycles. The summed E-state index contributed by atoms with van der Waals surface area (Å²) in [6.07, 6.45) is 2.03. The van der Waals surface area contributed by atoms with Gasteiger partial charge in [-0.2, -0.15) is 0 Å². The quantitative estimate of drug-likeness (QED) is 0.808. The molecule has 4 heteroatoms. The first kappa shape index (κ1) is 13.7. The lowest BCUT2D eigenvalue weighted by Crippen LogP contribution is -2.30. The Morgan fingerprint density at radius 1 is 1.56 bits per heavy atom. The summed E-state index contributed by atoms with van der Waals surface area (Å²) in [6.45, 7) is 4.83. The molecule has 0 fully saturated rings. The first-order chi connectivity index (χ1) is 7.54. The molecular weight excluding hydrogens is 286 g/mol. The standard InChI is InChI=1S/C12H18BrNOS/c1-4-5-9(2)12(15)14(3)8-10-6-7-11(13)16-10/h6-7,9H,4-5,8H2,1-3H3. The molecule has 1 amide bonds. The molecule has 0 saturated heterocycles. The van der Waals surface area contributed by atoms with Gasteiger partial charge in [0.1, 0.15) is 0 Å². The van der Waals surface area contributed by atoms with Crippen LogP contribution in [0.3, 0.4) is 0 Å². The summed E-state index contributed by atoms with van der Waals surface area (Å²) < 4.78 is 1.12. The fourth-order valence-electron chi connectivity index (χ4n) is 1.68. The van der Waals surface area contributed by atoms with E-state index in [2.05, 4.69) is 28.9 Å². The SMILES string of the molecule is CCCC(C)C(=O)N(C)Cc1ccc(Br)s1. The number of nitrogens with zero attached hydrogens (tertiary/aromatic N) is 1. The third-order valence-electron chi connectivity index (χ3n) is 2.54. The normalized spacial score (nSPS) is 12.5. The monoisotopic (exact) mass is 303 g/mol. The molecule has 90 valence electrons. The molecule has 1 heterocycles. The van der Waals surface area contributed by atoms with Gasteiger partial charge in [0.05, 0.1) is 10.3 Å². The molecule has 0 N–H and O–H groups in total. The van der Waals surface area contributed by atoms with Crippen molar-refractivity contribution in [2.75, 3.05) is 7.05 Å². The highest BCUT2D eigenvalue weighted by Crippen LogP contribution is 2.23. The zero-order valence-corrected chi connectivity index (χ0v) is 12.4. The average Bonchev–Trinajstić information content (AvgIpc) is 2.63. The van der Waals surface area contributed by atoms with Gasteiger partial charge in [-0.15, -0.1) is 11.3 Å². The molecule has 1 aromatic rings. The van der Waals surface area contributed by atoms with Crippen LogP contribution >= 0.6 is 27.3 Å². The number of amides is 1. The molecule has 0 bridgehead atoms. The lowest BCUT2D eigenvalue weighted by atomic mass is 10.1. The summed E-state index contributed by atoms with van der Waals surface area (Å²) >= 11 is 5.11. The smallest absolute Gasteiger partial charge is 0.225 e. The molecule has 0 aliphatic heterocycles. The van der Waals surface area contributed by atoms with Crippen LogP contribution in [0.15, 0.2) is 15.9 Å². The Kier molecular flexibility index (Phi) is 5.49. The van der Waals surface area contributed by atoms with E-state index in [-0.39, 0.29) is 11.8 Å². The third-order valence-corrected chi connectivity index (χ3v) is 4.15. The molecule has 1 rings (SSSR count). The number of halogens is 1. The van der Waals surface area contributed by atoms with E-state index >= 15 is 0 Å². The van der Waals surface area contributed by atoms with Gasteiger partial charge in [-0.05, 0) is 34.5 Å². The molecular formula is C12H18BrNOS. The molecule has 0 aliphatic carbocycles. The highest BCUT2D eigenvalue weighted by Gasteiger charge is 2.16. The highest BCUT2D eigenvalue weighted by molar-refractivity contribution is 9.11. The van der Waals surface area contributed by atoms with E-state index < -0.39 is 0 Å². The summed E-state index contributed by atoms with van der Waals surface area (Å²) in [5.41, 5.74) is 0. The Bertz CT molecular complexity index is 351. The van der Waals surface area contributed by atoms with Crippen LogP contribution in [0.5, 0.6) is 0 Å². The van der Waals surface area contributed by atoms with Gasteiger partial charge >= 0.3 is 0 Å². The van der Waals surface area contributed by atoms with Crippen LogP contribution in [-0.2, 0) is 11.3 Å². The fourth-order valence-corrected chi connectivity index (χ4v) is 3.22. The van der Waals surface area contributed by atoms with Gasteiger partial charge in [-0.1, -0.05) is 20.3 Å². The number of thiophene rings is 1. The summed E-state index contributed by atoms with van der Waals surface area (Å²) in [4.78, 5) is 15.0. The molecule has 16 heavy (non-hydrogen) atoms. The van der Waals surface area contributed by atoms with Crippen LogP contribution in [0.4, 0.5) is 0 Å². The Morgan fingerprint density at radius 3 is 2.75 bits per heavy atom. The predicted molar refractivity (Wildman–Crippen MR) is 72.6 cm³/mol. The Labute approximate surface area is 110 Å². The van der Waals surface area contributed by atoms with E-state index in [9.17, 15) is 4.79 Å². The van der Waals surface area contributed by atoms with E-state index in [4.69, 9.17) is 0 Å². The van der Waals surface area contributed by atoms with Crippen molar-refractivity contribution >= 4 is 33.2 Å². The van der Waals surface area contributed by atoms with Crippen LogP contribution in [0, 0.1) is 5.92 Å². The summed E-state index contributed by atoms with van der Waals surface area (Å²) in [6, 6.07) is 4.08. The molecule has 1 atom stereocenters. The maximum absolute atomic E-state index is 12.0. The largest absolute Gasteiger partial charge is 0.340 e. The number of carbonyl (C=O) groups is 1. The summed E-state index contributed by atoms with van der Waals surface area (Å²) in [5.74, 6) is 0.379. The van der Waals surface area contributed by atoms with Gasteiger partial charge in [0.2, 0.25) is 5.91 Å². The minimum absolute atomic E-state index is 0.137. The van der Waals surface area contributed by atoms with Crippen molar-refractivity contribution in [2.45, 2.75) is 33.2 Å². The van der Waals surface area contributed by atoms with Gasteiger partial charge in [-0.25, -0.2) is 0 Å². The first-order valence-electron chi connectivity index (χ1n) is 5.53. The lowest BCUT2D eigenvalue weighted by molar-refractivity contribution is -0.134. The van der Waals surface area contributed by atoms with Crippen molar-refractivity contribution in [3.63, 3.8) is 0 Å². The first-order valence-corrected chi connectivity index (χ1v) is 7.14. The maximum atomic E-state index is 12.0. The topological polar surface area (TPSA) is 20.3 Å². The average molecular weight is 304 g/mol. The molecule has 0 spiro atoms. The molecule has 2 nitrogen and oxygen atoms in total. The highest BCUT2D eigenvalue weighted by atomic mass is 79.9. The molecule has 0 aliphatic rings. The Hall–Kier alpha value is -0.350. The van der Waals surface area contributed by atoms with Crippen LogP contribution in [-0.4, -0.2) is 17.9 Å². The summed E-state index contributed by atoms with van der Waals surface area (Å²) in [7, 11) is 1.88. The second-order valence-electron chi connectivity index (χ2n) is 4.09. The van der Waals surface area contributed by atoms with Gasteiger partial charge in [-0.3, -0.25) is 4.79 Å². The predicted octanol–water partition coefficient (Wildman–Crippen LogP) is 3.91. The number of carbonyl (C=O) groups excluding carboxylic acids is 1. The van der Waals surface area contributed by atoms with E-state index in [0.717, 1.165) is 16.6 Å². The van der Waals surface area contributed by atoms with Crippen molar-refractivity contribution in [3.8, 4) is 0 Å². The maximum Gasteiger partial charge on any atom is 0.225 e. The molecule has 1 unspecified atom stereocenters. The van der Waals surface area contributed by atoms with E-state index in [1.54, 1.807) is 11.3 Å². The number of hydrogen-bond donors (Lipinski definition) is 0. The fraction of sp³-hybridized carbons (Fsp3) is 0.583. The zero-order valence-electron chi connectivity index (χ0n) is 10.00. The van der Waals surface area contributed by atoms with Crippen molar-refractivity contribution in [3.05, 3.63) is 20.8 Å². The minimum atomic E-state index is 0.137. The molecule has 0 radical (unpaired) electrons. The van der Waals surface area contributed by atoms with Crippen molar-refractivity contribution in [1.29, 1.82) is 0 Å². The van der Waals surface area contributed by atoms with Crippen molar-refractivity contribution in [1.82, 2.24) is 4.90 Å². The molecule has 1 aromatic heterocycles. The van der Waals surface area contributed by atoms with Gasteiger partial charge in [0.15, 0.2) is 0 Å². The van der Waals surface area contributed by atoms with E-state index in [0.29, 0.717) is 6.54 Å². The van der Waals surface area contributed by atoms with Gasteiger partial charge < -0.3 is 4.90 Å². The van der Waals surface area contributed by atoms with Gasteiger partial charge in [0.25, 0.3) is 0 Å². The summed E-state index contributed by atoms with van der Waals surface area (Å²) in [5, 5.41) is 0. The Morgan fingerprint density at radius 2 is 2.25 bits per heavy atom. The van der Waals surface area contributed by atoms with Crippen LogP contribution in [0.1, 0.15) is 31.6 Å². The van der Waals surface area contributed by atoms with Crippen LogP contribution < -0.4 is 0 Å². The van der Waals surface area contributed by atoms with E-state index in [1.807, 2.05) is 24.9 Å². The second kappa shape index (κ2) is 6.40. The van der Waals surface area contributed by atoms with E-state index in [1.165, 1.54) is 4.88 Å². The number of hydrogen-bond acceptors (Lipinski definition) is 2. The zero-order chi connectivity index (χ0) is 12.1. The Balaban J connectivity index is 2.51. The van der Waals surface area contributed by atoms with Crippen molar-refractivity contribution in [2.24, 2.45) is 5.92 Å².